The van der Waals surface area contributed by atoms with Gasteiger partial charge in [-0.05, 0) is 18.2 Å². The lowest BCUT2D eigenvalue weighted by Crippen LogP contribution is -1.98. The van der Waals surface area contributed by atoms with Crippen LogP contribution in [0.15, 0.2) is 18.2 Å². The van der Waals surface area contributed by atoms with Crippen molar-refractivity contribution < 1.29 is 4.74 Å². The summed E-state index contributed by atoms with van der Waals surface area (Å²) in [4.78, 5) is 0. The lowest BCUT2D eigenvalue weighted by atomic mass is 10.3. The molecular formula is C12H10Cl4N2O. The van der Waals surface area contributed by atoms with Crippen LogP contribution in [-0.2, 0) is 17.2 Å². The van der Waals surface area contributed by atoms with E-state index in [1.807, 2.05) is 0 Å². The van der Waals surface area contributed by atoms with E-state index in [2.05, 4.69) is 5.10 Å². The average molecular weight is 340 g/mol. The summed E-state index contributed by atoms with van der Waals surface area (Å²) in [5.74, 6) is 0.263. The zero-order valence-electron chi connectivity index (χ0n) is 9.96. The molecule has 1 aromatic heterocycles. The molecule has 0 atom stereocenters. The van der Waals surface area contributed by atoms with Gasteiger partial charge in [0.05, 0.1) is 33.9 Å². The minimum absolute atomic E-state index is 0.263. The molecule has 19 heavy (non-hydrogen) atoms. The van der Waals surface area contributed by atoms with E-state index in [0.717, 1.165) is 5.56 Å². The highest BCUT2D eigenvalue weighted by atomic mass is 35.5. The zero-order valence-corrected chi connectivity index (χ0v) is 13.0. The van der Waals surface area contributed by atoms with E-state index < -0.39 is 0 Å². The van der Waals surface area contributed by atoms with Crippen LogP contribution in [0.4, 0.5) is 0 Å². The molecule has 0 aliphatic carbocycles. The topological polar surface area (TPSA) is 27.1 Å². The highest BCUT2D eigenvalue weighted by molar-refractivity contribution is 6.42. The fourth-order valence-electron chi connectivity index (χ4n) is 1.64. The number of halogens is 4. The number of nitrogens with zero attached hydrogens (tertiary/aromatic N) is 2. The summed E-state index contributed by atoms with van der Waals surface area (Å²) < 4.78 is 6.64. The minimum Gasteiger partial charge on any atom is -0.378 e. The first-order valence-electron chi connectivity index (χ1n) is 5.35. The largest absolute Gasteiger partial charge is 0.378 e. The van der Waals surface area contributed by atoms with Crippen molar-refractivity contribution >= 4 is 46.4 Å². The van der Waals surface area contributed by atoms with Crippen molar-refractivity contribution in [3.05, 3.63) is 44.7 Å². The second-order valence-corrected chi connectivity index (χ2v) is 5.23. The number of hydrogen-bond acceptors (Lipinski definition) is 2. The van der Waals surface area contributed by atoms with E-state index >= 15 is 0 Å². The molecule has 0 fully saturated rings. The molecule has 0 radical (unpaired) electrons. The number of methoxy groups -OCH3 is 1. The third-order valence-electron chi connectivity index (χ3n) is 2.57. The molecule has 2 rings (SSSR count). The van der Waals surface area contributed by atoms with E-state index in [9.17, 15) is 0 Å². The molecule has 1 aromatic carbocycles. The molecule has 102 valence electrons. The van der Waals surface area contributed by atoms with Gasteiger partial charge in [0.25, 0.3) is 0 Å². The first-order valence-corrected chi connectivity index (χ1v) is 7.02. The first-order chi connectivity index (χ1) is 9.08. The summed E-state index contributed by atoms with van der Waals surface area (Å²) in [5, 5.41) is 5.74. The van der Waals surface area contributed by atoms with Crippen LogP contribution in [0.1, 0.15) is 11.3 Å². The molecule has 0 unspecified atom stereocenters. The summed E-state index contributed by atoms with van der Waals surface area (Å²) in [6.07, 6.45) is 0. The van der Waals surface area contributed by atoms with E-state index in [0.29, 0.717) is 33.2 Å². The Bertz CT molecular complexity index is 598. The standard InChI is InChI=1S/C12H10Cl4N2O/c1-19-6-11-8(5-13)12(16)18(17-11)7-2-3-9(14)10(15)4-7/h2-4H,5-6H2,1H3. The average Bonchev–Trinajstić information content (AvgIpc) is 2.70. The molecule has 1 heterocycles. The van der Waals surface area contributed by atoms with Gasteiger partial charge in [-0.2, -0.15) is 5.10 Å². The fraction of sp³-hybridized carbons (Fsp3) is 0.250. The van der Waals surface area contributed by atoms with Gasteiger partial charge in [0.2, 0.25) is 0 Å². The monoisotopic (exact) mass is 338 g/mol. The predicted molar refractivity (Wildman–Crippen MR) is 78.9 cm³/mol. The smallest absolute Gasteiger partial charge is 0.137 e. The van der Waals surface area contributed by atoms with Gasteiger partial charge in [0.15, 0.2) is 0 Å². The fourth-order valence-corrected chi connectivity index (χ4v) is 2.60. The third kappa shape index (κ3) is 3.01. The van der Waals surface area contributed by atoms with Gasteiger partial charge in [-0.1, -0.05) is 34.8 Å². The summed E-state index contributed by atoms with van der Waals surface area (Å²) in [7, 11) is 1.59. The predicted octanol–water partition coefficient (Wildman–Crippen LogP) is 4.72. The van der Waals surface area contributed by atoms with Crippen molar-refractivity contribution in [3.8, 4) is 5.69 Å². The lowest BCUT2D eigenvalue weighted by Gasteiger charge is -2.04. The normalized spacial score (nSPS) is 11.0. The maximum Gasteiger partial charge on any atom is 0.137 e. The van der Waals surface area contributed by atoms with Gasteiger partial charge in [-0.25, -0.2) is 4.68 Å². The molecular weight excluding hydrogens is 330 g/mol. The second-order valence-electron chi connectivity index (χ2n) is 3.79. The van der Waals surface area contributed by atoms with Crippen LogP contribution in [0.3, 0.4) is 0 Å². The van der Waals surface area contributed by atoms with Gasteiger partial charge in [0.1, 0.15) is 5.15 Å². The van der Waals surface area contributed by atoms with Gasteiger partial charge in [-0.3, -0.25) is 0 Å². The zero-order chi connectivity index (χ0) is 14.0. The Morgan fingerprint density at radius 3 is 2.53 bits per heavy atom. The van der Waals surface area contributed by atoms with Gasteiger partial charge in [0, 0.05) is 12.7 Å². The summed E-state index contributed by atoms with van der Waals surface area (Å²) in [5.41, 5.74) is 2.16. The summed E-state index contributed by atoms with van der Waals surface area (Å²) in [6.45, 7) is 0.343. The first kappa shape index (κ1) is 14.9. The SMILES string of the molecule is COCc1nn(-c2ccc(Cl)c(Cl)c2)c(Cl)c1CCl. The quantitative estimate of drug-likeness (QED) is 0.754. The molecule has 0 aliphatic rings. The number of aromatic nitrogens is 2. The minimum atomic E-state index is 0.263. The van der Waals surface area contributed by atoms with E-state index in [1.54, 1.807) is 30.0 Å². The third-order valence-corrected chi connectivity index (χ3v) is 3.96. The van der Waals surface area contributed by atoms with Crippen LogP contribution >= 0.6 is 46.4 Å². The number of hydrogen-bond donors (Lipinski definition) is 0. The lowest BCUT2D eigenvalue weighted by molar-refractivity contribution is 0.180. The van der Waals surface area contributed by atoms with Crippen LogP contribution in [0.2, 0.25) is 15.2 Å². The Balaban J connectivity index is 2.52. The van der Waals surface area contributed by atoms with Crippen molar-refractivity contribution in [2.45, 2.75) is 12.5 Å². The molecule has 0 spiro atoms. The van der Waals surface area contributed by atoms with Gasteiger partial charge < -0.3 is 4.74 Å². The van der Waals surface area contributed by atoms with Crippen LogP contribution in [0.25, 0.3) is 5.69 Å². The molecule has 0 aliphatic heterocycles. The van der Waals surface area contributed by atoms with Crippen molar-refractivity contribution in [3.63, 3.8) is 0 Å². The summed E-state index contributed by atoms with van der Waals surface area (Å²) in [6, 6.07) is 5.16. The maximum absolute atomic E-state index is 6.28. The molecule has 7 heteroatoms. The maximum atomic E-state index is 6.28. The molecule has 0 amide bonds. The van der Waals surface area contributed by atoms with E-state index in [4.69, 9.17) is 51.1 Å². The Kier molecular flexibility index (Phi) is 4.98. The van der Waals surface area contributed by atoms with Crippen molar-refractivity contribution in [2.24, 2.45) is 0 Å². The highest BCUT2D eigenvalue weighted by Crippen LogP contribution is 2.29. The van der Waals surface area contributed by atoms with Crippen LogP contribution in [0.5, 0.6) is 0 Å². The molecule has 0 saturated heterocycles. The second kappa shape index (κ2) is 6.33. The number of ether oxygens (including phenoxy) is 1. The van der Waals surface area contributed by atoms with Crippen molar-refractivity contribution in [1.82, 2.24) is 9.78 Å². The molecule has 2 aromatic rings. The van der Waals surface area contributed by atoms with Gasteiger partial charge in [-0.15, -0.1) is 11.6 Å². The van der Waals surface area contributed by atoms with Crippen molar-refractivity contribution in [2.75, 3.05) is 7.11 Å². The molecule has 0 saturated carbocycles. The highest BCUT2D eigenvalue weighted by Gasteiger charge is 2.17. The Hall–Kier alpha value is -0.450. The van der Waals surface area contributed by atoms with Crippen LogP contribution in [-0.4, -0.2) is 16.9 Å². The summed E-state index contributed by atoms with van der Waals surface area (Å²) >= 11 is 24.0. The van der Waals surface area contributed by atoms with E-state index in [-0.39, 0.29) is 5.88 Å². The van der Waals surface area contributed by atoms with Crippen LogP contribution < -0.4 is 0 Å². The molecule has 3 nitrogen and oxygen atoms in total. The number of benzene rings is 1. The van der Waals surface area contributed by atoms with Crippen molar-refractivity contribution in [1.29, 1.82) is 0 Å². The van der Waals surface area contributed by atoms with Gasteiger partial charge >= 0.3 is 0 Å². The Labute approximate surface area is 131 Å². The number of rotatable bonds is 4. The molecule has 0 N–H and O–H groups in total. The molecule has 0 bridgehead atoms. The van der Waals surface area contributed by atoms with E-state index in [1.165, 1.54) is 0 Å². The Morgan fingerprint density at radius 1 is 1.21 bits per heavy atom. The number of alkyl halides is 1. The Morgan fingerprint density at radius 2 is 1.95 bits per heavy atom. The van der Waals surface area contributed by atoms with Crippen LogP contribution in [0, 0.1) is 0 Å².